The van der Waals surface area contributed by atoms with Crippen LogP contribution >= 0.6 is 0 Å². The van der Waals surface area contributed by atoms with Crippen LogP contribution in [0.3, 0.4) is 0 Å². The number of nitrogens with zero attached hydrogens (tertiary/aromatic N) is 3. The minimum atomic E-state index is 0.714. The van der Waals surface area contributed by atoms with Crippen LogP contribution in [0.4, 0.5) is 5.69 Å². The Labute approximate surface area is 160 Å². The highest BCUT2D eigenvalue weighted by atomic mass is 16.5. The molecule has 27 heavy (non-hydrogen) atoms. The average molecular weight is 365 g/mol. The van der Waals surface area contributed by atoms with Gasteiger partial charge in [0.15, 0.2) is 11.3 Å². The van der Waals surface area contributed by atoms with E-state index in [-0.39, 0.29) is 0 Å². The maximum Gasteiger partial charge on any atom is 0.155 e. The molecule has 142 valence electrons. The van der Waals surface area contributed by atoms with Crippen molar-refractivity contribution in [2.45, 2.75) is 33.6 Å². The molecule has 5 nitrogen and oxygen atoms in total. The Morgan fingerprint density at radius 3 is 2.85 bits per heavy atom. The Kier molecular flexibility index (Phi) is 4.77. The lowest BCUT2D eigenvalue weighted by Crippen LogP contribution is -2.33. The zero-order chi connectivity index (χ0) is 19.0. The van der Waals surface area contributed by atoms with Gasteiger partial charge < -0.3 is 14.1 Å². The van der Waals surface area contributed by atoms with Gasteiger partial charge in [-0.05, 0) is 37.3 Å². The number of rotatable bonds is 4. The van der Waals surface area contributed by atoms with Gasteiger partial charge in [0, 0.05) is 31.8 Å². The van der Waals surface area contributed by atoms with Gasteiger partial charge in [-0.3, -0.25) is 4.99 Å². The highest BCUT2D eigenvalue weighted by molar-refractivity contribution is 5.84. The van der Waals surface area contributed by atoms with Crippen LogP contribution in [0.2, 0.25) is 0 Å². The third kappa shape index (κ3) is 3.51. The summed E-state index contributed by atoms with van der Waals surface area (Å²) < 4.78 is 12.1. The third-order valence-corrected chi connectivity index (χ3v) is 5.19. The van der Waals surface area contributed by atoms with E-state index in [9.17, 15) is 0 Å². The number of fused-ring (bicyclic) bond motifs is 3. The van der Waals surface area contributed by atoms with Gasteiger partial charge in [-0.15, -0.1) is 0 Å². The van der Waals surface area contributed by atoms with Gasteiger partial charge in [-0.25, -0.2) is 4.98 Å². The summed E-state index contributed by atoms with van der Waals surface area (Å²) in [5.74, 6) is 2.39. The van der Waals surface area contributed by atoms with Crippen LogP contribution in [-0.4, -0.2) is 31.7 Å². The van der Waals surface area contributed by atoms with E-state index in [4.69, 9.17) is 14.1 Å². The van der Waals surface area contributed by atoms with E-state index in [1.807, 2.05) is 25.1 Å². The van der Waals surface area contributed by atoms with Crippen LogP contribution in [0.25, 0.3) is 22.6 Å². The quantitative estimate of drug-likeness (QED) is 0.643. The first kappa shape index (κ1) is 17.8. The summed E-state index contributed by atoms with van der Waals surface area (Å²) in [4.78, 5) is 11.5. The summed E-state index contributed by atoms with van der Waals surface area (Å²) >= 11 is 0. The Morgan fingerprint density at radius 1 is 1.22 bits per heavy atom. The second-order valence-corrected chi connectivity index (χ2v) is 7.70. The van der Waals surface area contributed by atoms with E-state index in [2.05, 4.69) is 29.8 Å². The molecule has 0 bridgehead atoms. The molecule has 0 amide bonds. The van der Waals surface area contributed by atoms with Crippen molar-refractivity contribution in [1.82, 2.24) is 4.98 Å². The van der Waals surface area contributed by atoms with E-state index >= 15 is 0 Å². The van der Waals surface area contributed by atoms with Crippen molar-refractivity contribution in [3.63, 3.8) is 0 Å². The fourth-order valence-electron chi connectivity index (χ4n) is 3.70. The second kappa shape index (κ2) is 7.22. The molecule has 2 aliphatic heterocycles. The lowest BCUT2D eigenvalue weighted by molar-refractivity contribution is 0.306. The fraction of sp³-hybridized carbons (Fsp3) is 0.455. The molecule has 0 saturated heterocycles. The van der Waals surface area contributed by atoms with Crippen molar-refractivity contribution in [2.24, 2.45) is 10.9 Å². The standard InChI is InChI=1S/C22H27N3O2/c1-14(2)6-5-7-25-8-9-26-22-12-18-21(13-19(22)25)27-20-11-16(23-4)15(3)10-17(20)24-18/h10-14H,5-9H2,1-4H3. The predicted molar refractivity (Wildman–Crippen MR) is 109 cm³/mol. The highest BCUT2D eigenvalue weighted by Crippen LogP contribution is 2.37. The first-order chi connectivity index (χ1) is 13.0. The normalized spacial score (nSPS) is 14.9. The monoisotopic (exact) mass is 365 g/mol. The predicted octanol–water partition coefficient (Wildman–Crippen LogP) is 4.41. The van der Waals surface area contributed by atoms with Crippen molar-refractivity contribution < 1.29 is 9.15 Å². The summed E-state index contributed by atoms with van der Waals surface area (Å²) in [6.45, 7) is 9.25. The number of aromatic nitrogens is 1. The molecule has 0 spiro atoms. The van der Waals surface area contributed by atoms with E-state index in [0.717, 1.165) is 63.9 Å². The SMILES string of the molecule is CN=c1cc2oc3cc4c(cc3nc-2cc1C)OCCN4CCCC(C)C. The van der Waals surface area contributed by atoms with Crippen LogP contribution in [0, 0.1) is 12.8 Å². The molecule has 5 heteroatoms. The molecule has 0 radical (unpaired) electrons. The molecule has 0 N–H and O–H groups in total. The lowest BCUT2D eigenvalue weighted by atomic mass is 10.1. The number of hydrogen-bond acceptors (Lipinski definition) is 5. The summed E-state index contributed by atoms with van der Waals surface area (Å²) in [5, 5.41) is 0.934. The van der Waals surface area contributed by atoms with Gasteiger partial charge in [0.25, 0.3) is 0 Å². The molecular formula is C22H27N3O2. The van der Waals surface area contributed by atoms with Crippen molar-refractivity contribution in [3.8, 4) is 17.2 Å². The molecule has 3 aliphatic rings. The van der Waals surface area contributed by atoms with Gasteiger partial charge in [0.05, 0.1) is 17.6 Å². The zero-order valence-corrected chi connectivity index (χ0v) is 16.6. The topological polar surface area (TPSA) is 50.9 Å². The largest absolute Gasteiger partial charge is 0.489 e. The minimum Gasteiger partial charge on any atom is -0.489 e. The summed E-state index contributed by atoms with van der Waals surface area (Å²) in [7, 11) is 1.80. The van der Waals surface area contributed by atoms with Crippen molar-refractivity contribution in [2.75, 3.05) is 31.6 Å². The summed E-state index contributed by atoms with van der Waals surface area (Å²) in [5.41, 5.74) is 4.65. The van der Waals surface area contributed by atoms with Crippen molar-refractivity contribution in [1.29, 1.82) is 0 Å². The Morgan fingerprint density at radius 2 is 2.07 bits per heavy atom. The number of benzene rings is 2. The molecular weight excluding hydrogens is 338 g/mol. The van der Waals surface area contributed by atoms with E-state index in [0.29, 0.717) is 6.61 Å². The number of hydrogen-bond donors (Lipinski definition) is 0. The molecule has 2 heterocycles. The Balaban J connectivity index is 1.77. The van der Waals surface area contributed by atoms with Crippen LogP contribution in [0.15, 0.2) is 33.7 Å². The van der Waals surface area contributed by atoms with Gasteiger partial charge in [0.1, 0.15) is 23.6 Å². The van der Waals surface area contributed by atoms with E-state index in [1.54, 1.807) is 7.05 Å². The fourth-order valence-corrected chi connectivity index (χ4v) is 3.70. The molecule has 0 saturated carbocycles. The van der Waals surface area contributed by atoms with Crippen molar-refractivity contribution >= 4 is 16.8 Å². The molecule has 0 aromatic heterocycles. The molecule has 0 fully saturated rings. The summed E-state index contributed by atoms with van der Waals surface area (Å²) in [6, 6.07) is 8.08. The van der Waals surface area contributed by atoms with Crippen LogP contribution < -0.4 is 15.0 Å². The zero-order valence-electron chi connectivity index (χ0n) is 16.6. The van der Waals surface area contributed by atoms with Gasteiger partial charge in [-0.2, -0.15) is 0 Å². The summed E-state index contributed by atoms with van der Waals surface area (Å²) in [6.07, 6.45) is 2.42. The number of aryl methyl sites for hydroxylation is 1. The molecule has 1 aromatic rings. The van der Waals surface area contributed by atoms with Crippen LogP contribution in [-0.2, 0) is 0 Å². The number of ether oxygens (including phenoxy) is 1. The Hall–Kier alpha value is -2.56. The van der Waals surface area contributed by atoms with Crippen LogP contribution in [0.5, 0.6) is 5.75 Å². The second-order valence-electron chi connectivity index (χ2n) is 7.70. The molecule has 0 unspecified atom stereocenters. The minimum absolute atomic E-state index is 0.714. The molecule has 4 rings (SSSR count). The Bertz CT molecular complexity index is 1010. The third-order valence-electron chi connectivity index (χ3n) is 5.19. The highest BCUT2D eigenvalue weighted by Gasteiger charge is 2.21. The number of anilines is 1. The van der Waals surface area contributed by atoms with Gasteiger partial charge in [-0.1, -0.05) is 13.8 Å². The van der Waals surface area contributed by atoms with E-state index < -0.39 is 0 Å². The first-order valence-corrected chi connectivity index (χ1v) is 9.75. The molecule has 1 aliphatic carbocycles. The maximum atomic E-state index is 6.20. The smallest absolute Gasteiger partial charge is 0.155 e. The van der Waals surface area contributed by atoms with Crippen molar-refractivity contribution in [3.05, 3.63) is 35.2 Å². The maximum absolute atomic E-state index is 6.20. The lowest BCUT2D eigenvalue weighted by Gasteiger charge is -2.31. The average Bonchev–Trinajstić information content (AvgIpc) is 2.64. The molecule has 0 atom stereocenters. The van der Waals surface area contributed by atoms with Gasteiger partial charge >= 0.3 is 0 Å². The first-order valence-electron chi connectivity index (χ1n) is 9.75. The van der Waals surface area contributed by atoms with Crippen LogP contribution in [0.1, 0.15) is 32.3 Å². The molecule has 1 aromatic carbocycles. The van der Waals surface area contributed by atoms with Gasteiger partial charge in [0.2, 0.25) is 0 Å². The van der Waals surface area contributed by atoms with E-state index in [1.165, 1.54) is 12.8 Å².